The number of primary amides is 1. The van der Waals surface area contributed by atoms with E-state index in [0.717, 1.165) is 32.4 Å². The van der Waals surface area contributed by atoms with Crippen LogP contribution in [0.3, 0.4) is 0 Å². The molecule has 3 N–H and O–H groups in total. The zero-order chi connectivity index (χ0) is 13.2. The van der Waals surface area contributed by atoms with E-state index in [1.54, 1.807) is 4.90 Å². The Labute approximate surface area is 107 Å². The van der Waals surface area contributed by atoms with Gasteiger partial charge in [-0.25, -0.2) is 4.79 Å². The summed E-state index contributed by atoms with van der Waals surface area (Å²) >= 11 is 0. The molecule has 1 atom stereocenters. The fourth-order valence-corrected chi connectivity index (χ4v) is 2.78. The van der Waals surface area contributed by atoms with Crippen LogP contribution in [-0.2, 0) is 4.79 Å². The summed E-state index contributed by atoms with van der Waals surface area (Å²) in [5.74, 6) is -0.256. The van der Waals surface area contributed by atoms with Gasteiger partial charge in [0.1, 0.15) is 0 Å². The number of carbonyl (C=O) groups excluding carboxylic acids is 2. The lowest BCUT2D eigenvalue weighted by Crippen LogP contribution is -2.59. The lowest BCUT2D eigenvalue weighted by Gasteiger charge is -2.43. The van der Waals surface area contributed by atoms with Crippen LogP contribution in [0.2, 0.25) is 0 Å². The van der Waals surface area contributed by atoms with Gasteiger partial charge in [0, 0.05) is 26.2 Å². The summed E-state index contributed by atoms with van der Waals surface area (Å²) in [6.45, 7) is 5.64. The molecule has 0 aromatic heterocycles. The highest BCUT2D eigenvalue weighted by atomic mass is 16.2. The second kappa shape index (κ2) is 5.14. The Bertz CT molecular complexity index is 347. The minimum atomic E-state index is -0.547. The van der Waals surface area contributed by atoms with Gasteiger partial charge in [0.15, 0.2) is 0 Å². The first-order chi connectivity index (χ1) is 8.54. The Morgan fingerprint density at radius 2 is 2.17 bits per heavy atom. The van der Waals surface area contributed by atoms with E-state index >= 15 is 0 Å². The maximum absolute atomic E-state index is 11.6. The molecule has 2 fully saturated rings. The van der Waals surface area contributed by atoms with E-state index in [0.29, 0.717) is 19.6 Å². The van der Waals surface area contributed by atoms with Crippen molar-refractivity contribution in [2.45, 2.75) is 31.7 Å². The van der Waals surface area contributed by atoms with Crippen molar-refractivity contribution in [1.82, 2.24) is 15.1 Å². The van der Waals surface area contributed by atoms with Crippen molar-refractivity contribution in [3.8, 4) is 0 Å². The number of hydrogen-bond donors (Lipinski definition) is 2. The molecule has 0 aromatic rings. The minimum Gasteiger partial charge on any atom is -0.368 e. The summed E-state index contributed by atoms with van der Waals surface area (Å²) < 4.78 is 0. The third-order valence-electron chi connectivity index (χ3n) is 4.16. The van der Waals surface area contributed by atoms with E-state index in [1.165, 1.54) is 0 Å². The average Bonchev–Trinajstić information content (AvgIpc) is 2.74. The first-order valence-corrected chi connectivity index (χ1v) is 6.62. The van der Waals surface area contributed by atoms with Crippen molar-refractivity contribution < 1.29 is 9.59 Å². The van der Waals surface area contributed by atoms with Crippen molar-refractivity contribution in [2.75, 3.05) is 32.7 Å². The number of rotatable bonds is 4. The number of nitrogens with one attached hydrogen (secondary N) is 1. The first-order valence-electron chi connectivity index (χ1n) is 6.62. The highest BCUT2D eigenvalue weighted by Gasteiger charge is 2.39. The smallest absolute Gasteiger partial charge is 0.317 e. The predicted octanol–water partition coefficient (Wildman–Crippen LogP) is -0.258. The van der Waals surface area contributed by atoms with Crippen LogP contribution in [0.1, 0.15) is 26.2 Å². The van der Waals surface area contributed by atoms with Gasteiger partial charge in [0.05, 0.1) is 5.54 Å². The third kappa shape index (κ3) is 2.43. The van der Waals surface area contributed by atoms with Gasteiger partial charge in [-0.3, -0.25) is 9.69 Å². The molecule has 6 nitrogen and oxygen atoms in total. The molecule has 2 aliphatic rings. The molecule has 2 rings (SSSR count). The van der Waals surface area contributed by atoms with E-state index < -0.39 is 5.54 Å². The zero-order valence-electron chi connectivity index (χ0n) is 10.9. The molecule has 102 valence electrons. The molecule has 2 aliphatic heterocycles. The van der Waals surface area contributed by atoms with Crippen LogP contribution in [0.15, 0.2) is 0 Å². The summed E-state index contributed by atoms with van der Waals surface area (Å²) in [5.41, 5.74) is 4.98. The number of amides is 3. The Morgan fingerprint density at radius 3 is 2.78 bits per heavy atom. The molecule has 0 aliphatic carbocycles. The molecule has 2 saturated heterocycles. The number of nitrogens with two attached hydrogens (primary N) is 1. The highest BCUT2D eigenvalue weighted by molar-refractivity contribution is 5.84. The van der Waals surface area contributed by atoms with Gasteiger partial charge in [-0.1, -0.05) is 0 Å². The maximum atomic E-state index is 11.6. The van der Waals surface area contributed by atoms with Crippen LogP contribution in [0.5, 0.6) is 0 Å². The van der Waals surface area contributed by atoms with Crippen LogP contribution < -0.4 is 11.1 Å². The lowest BCUT2D eigenvalue weighted by molar-refractivity contribution is -0.131. The van der Waals surface area contributed by atoms with Crippen molar-refractivity contribution >= 4 is 11.9 Å². The topological polar surface area (TPSA) is 78.7 Å². The number of urea groups is 1. The summed E-state index contributed by atoms with van der Waals surface area (Å²) in [5, 5.41) is 2.78. The largest absolute Gasteiger partial charge is 0.368 e. The first kappa shape index (κ1) is 13.1. The van der Waals surface area contributed by atoms with Crippen LogP contribution in [0.25, 0.3) is 0 Å². The van der Waals surface area contributed by atoms with E-state index in [4.69, 9.17) is 5.73 Å². The molecule has 0 saturated carbocycles. The molecule has 2 heterocycles. The Hall–Kier alpha value is -1.30. The number of likely N-dealkylation sites (tertiary alicyclic amines) is 1. The Morgan fingerprint density at radius 1 is 1.39 bits per heavy atom. The minimum absolute atomic E-state index is 0.00668. The molecule has 0 spiro atoms. The fourth-order valence-electron chi connectivity index (χ4n) is 2.78. The second-order valence-electron chi connectivity index (χ2n) is 5.30. The number of piperidine rings is 1. The van der Waals surface area contributed by atoms with Crippen LogP contribution >= 0.6 is 0 Å². The van der Waals surface area contributed by atoms with Gasteiger partial charge >= 0.3 is 6.03 Å². The van der Waals surface area contributed by atoms with Gasteiger partial charge < -0.3 is 16.0 Å². The molecular formula is C12H22N4O2. The van der Waals surface area contributed by atoms with Gasteiger partial charge in [-0.05, 0) is 32.7 Å². The number of hydrogen-bond acceptors (Lipinski definition) is 3. The number of nitrogens with zero attached hydrogens (tertiary/aromatic N) is 2. The Balaban J connectivity index is 1.93. The van der Waals surface area contributed by atoms with Gasteiger partial charge in [-0.15, -0.1) is 0 Å². The standard InChI is InChI=1S/C12H22N4O2/c1-12(10(13)17)4-2-3-6-16(12)9-8-15-7-5-14-11(15)18/h2-9H2,1H3,(H2,13,17)(H,14,18). The molecule has 1 unspecified atom stereocenters. The molecular weight excluding hydrogens is 232 g/mol. The summed E-state index contributed by atoms with van der Waals surface area (Å²) in [6, 6.07) is -0.00668. The average molecular weight is 254 g/mol. The quantitative estimate of drug-likeness (QED) is 0.725. The van der Waals surface area contributed by atoms with E-state index in [9.17, 15) is 9.59 Å². The summed E-state index contributed by atoms with van der Waals surface area (Å²) in [6.07, 6.45) is 2.95. The monoisotopic (exact) mass is 254 g/mol. The molecule has 6 heteroatoms. The fraction of sp³-hybridized carbons (Fsp3) is 0.833. The highest BCUT2D eigenvalue weighted by Crippen LogP contribution is 2.27. The molecule has 0 aromatic carbocycles. The van der Waals surface area contributed by atoms with Crippen LogP contribution in [0, 0.1) is 0 Å². The number of carbonyl (C=O) groups is 2. The maximum Gasteiger partial charge on any atom is 0.317 e. The normalized spacial score (nSPS) is 29.4. The van der Waals surface area contributed by atoms with E-state index in [-0.39, 0.29) is 11.9 Å². The van der Waals surface area contributed by atoms with Gasteiger partial charge in [0.25, 0.3) is 0 Å². The van der Waals surface area contributed by atoms with Crippen molar-refractivity contribution in [1.29, 1.82) is 0 Å². The van der Waals surface area contributed by atoms with Gasteiger partial charge in [0.2, 0.25) is 5.91 Å². The summed E-state index contributed by atoms with van der Waals surface area (Å²) in [4.78, 5) is 27.0. The second-order valence-corrected chi connectivity index (χ2v) is 5.30. The SMILES string of the molecule is CC1(C(N)=O)CCCCN1CCN1CCNC1=O. The van der Waals surface area contributed by atoms with Crippen molar-refractivity contribution in [3.63, 3.8) is 0 Å². The zero-order valence-corrected chi connectivity index (χ0v) is 10.9. The van der Waals surface area contributed by atoms with E-state index in [1.807, 2.05) is 6.92 Å². The van der Waals surface area contributed by atoms with Gasteiger partial charge in [-0.2, -0.15) is 0 Å². The molecule has 18 heavy (non-hydrogen) atoms. The molecule has 3 amide bonds. The third-order valence-corrected chi connectivity index (χ3v) is 4.16. The lowest BCUT2D eigenvalue weighted by atomic mass is 9.88. The Kier molecular flexibility index (Phi) is 3.75. The van der Waals surface area contributed by atoms with E-state index in [2.05, 4.69) is 10.2 Å². The van der Waals surface area contributed by atoms with Crippen molar-refractivity contribution in [3.05, 3.63) is 0 Å². The van der Waals surface area contributed by atoms with Crippen molar-refractivity contribution in [2.24, 2.45) is 5.73 Å². The molecule has 0 bridgehead atoms. The molecule has 0 radical (unpaired) electrons. The summed E-state index contributed by atoms with van der Waals surface area (Å²) in [7, 11) is 0. The van der Waals surface area contributed by atoms with Crippen LogP contribution in [0.4, 0.5) is 4.79 Å². The predicted molar refractivity (Wildman–Crippen MR) is 68.0 cm³/mol. The van der Waals surface area contributed by atoms with Crippen LogP contribution in [-0.4, -0.2) is 60.0 Å².